The summed E-state index contributed by atoms with van der Waals surface area (Å²) in [6.45, 7) is 5.11. The van der Waals surface area contributed by atoms with Gasteiger partial charge in [0.25, 0.3) is 0 Å². The van der Waals surface area contributed by atoms with Gasteiger partial charge in [-0.1, -0.05) is 11.6 Å². The maximum Gasteiger partial charge on any atom is 0.142 e. The largest absolute Gasteiger partial charge is 0.304 e. The first-order chi connectivity index (χ1) is 9.08. The molecule has 0 amide bonds. The van der Waals surface area contributed by atoms with Crippen LogP contribution in [0.25, 0.3) is 0 Å². The maximum absolute atomic E-state index is 13.6. The van der Waals surface area contributed by atoms with Gasteiger partial charge in [-0.2, -0.15) is 0 Å². The zero-order valence-electron chi connectivity index (χ0n) is 11.1. The number of hydrogen-bond donors (Lipinski definition) is 0. The summed E-state index contributed by atoms with van der Waals surface area (Å²) >= 11 is 5.80. The van der Waals surface area contributed by atoms with Crippen LogP contribution in [-0.4, -0.2) is 49.6 Å². The van der Waals surface area contributed by atoms with Crippen LogP contribution in [0.1, 0.15) is 12.0 Å². The predicted molar refractivity (Wildman–Crippen MR) is 73.6 cm³/mol. The highest BCUT2D eigenvalue weighted by Crippen LogP contribution is 2.24. The van der Waals surface area contributed by atoms with Gasteiger partial charge in [-0.05, 0) is 38.6 Å². The minimum absolute atomic E-state index is 0.0709. The lowest BCUT2D eigenvalue weighted by molar-refractivity contribution is 0.153. The Hall–Kier alpha value is -0.710. The van der Waals surface area contributed by atoms with Crippen LogP contribution >= 0.6 is 11.6 Å². The highest BCUT2D eigenvalue weighted by molar-refractivity contribution is 6.31. The van der Waals surface area contributed by atoms with Crippen LogP contribution in [0.3, 0.4) is 0 Å². The quantitative estimate of drug-likeness (QED) is 0.786. The summed E-state index contributed by atoms with van der Waals surface area (Å²) in [5.41, 5.74) is 0.302. The van der Waals surface area contributed by atoms with Crippen LogP contribution in [0.5, 0.6) is 0 Å². The minimum Gasteiger partial charge on any atom is -0.304 e. The van der Waals surface area contributed by atoms with Gasteiger partial charge in [-0.15, -0.1) is 0 Å². The Bertz CT molecular complexity index is 432. The van der Waals surface area contributed by atoms with Gasteiger partial charge >= 0.3 is 0 Å². The number of benzene rings is 1. The van der Waals surface area contributed by atoms with Gasteiger partial charge in [0.1, 0.15) is 11.6 Å². The highest BCUT2D eigenvalue weighted by Gasteiger charge is 2.15. The van der Waals surface area contributed by atoms with Crippen molar-refractivity contribution >= 4 is 11.6 Å². The molecule has 1 aromatic carbocycles. The van der Waals surface area contributed by atoms with Crippen LogP contribution in [-0.2, 0) is 6.42 Å². The topological polar surface area (TPSA) is 6.48 Å². The third-order valence-corrected chi connectivity index (χ3v) is 4.04. The van der Waals surface area contributed by atoms with Crippen molar-refractivity contribution in [3.05, 3.63) is 34.4 Å². The molecular weight excluding hydrogens is 270 g/mol. The number of piperazine rings is 1. The molecule has 0 atom stereocenters. The van der Waals surface area contributed by atoms with E-state index in [9.17, 15) is 8.78 Å². The number of rotatable bonds is 4. The van der Waals surface area contributed by atoms with Gasteiger partial charge in [0, 0.05) is 31.7 Å². The van der Waals surface area contributed by atoms with Crippen LogP contribution in [0.15, 0.2) is 12.1 Å². The molecule has 1 heterocycles. The van der Waals surface area contributed by atoms with Gasteiger partial charge in [-0.3, -0.25) is 0 Å². The molecule has 0 saturated carbocycles. The van der Waals surface area contributed by atoms with Crippen molar-refractivity contribution in [2.45, 2.75) is 12.8 Å². The van der Waals surface area contributed by atoms with Gasteiger partial charge in [0.15, 0.2) is 0 Å². The molecule has 1 saturated heterocycles. The molecule has 0 unspecified atom stereocenters. The van der Waals surface area contributed by atoms with Crippen molar-refractivity contribution in [3.63, 3.8) is 0 Å². The molecule has 0 aromatic heterocycles. The Balaban J connectivity index is 1.84. The fraction of sp³-hybridized carbons (Fsp3) is 0.571. The maximum atomic E-state index is 13.6. The van der Waals surface area contributed by atoms with E-state index in [4.69, 9.17) is 11.6 Å². The third-order valence-electron chi connectivity index (χ3n) is 3.64. The van der Waals surface area contributed by atoms with E-state index >= 15 is 0 Å². The lowest BCUT2D eigenvalue weighted by atomic mass is 10.1. The molecule has 19 heavy (non-hydrogen) atoms. The first-order valence-corrected chi connectivity index (χ1v) is 6.99. The molecule has 1 aliphatic rings. The van der Waals surface area contributed by atoms with Crippen molar-refractivity contribution in [3.8, 4) is 0 Å². The molecule has 2 rings (SSSR count). The lowest BCUT2D eigenvalue weighted by Crippen LogP contribution is -2.44. The van der Waals surface area contributed by atoms with Crippen molar-refractivity contribution in [2.24, 2.45) is 0 Å². The molecule has 106 valence electrons. The first-order valence-electron chi connectivity index (χ1n) is 6.61. The van der Waals surface area contributed by atoms with Crippen LogP contribution in [0.4, 0.5) is 8.78 Å². The van der Waals surface area contributed by atoms with E-state index in [0.29, 0.717) is 12.0 Å². The second-order valence-corrected chi connectivity index (χ2v) is 5.45. The summed E-state index contributed by atoms with van der Waals surface area (Å²) in [7, 11) is 2.11. The summed E-state index contributed by atoms with van der Waals surface area (Å²) in [5.74, 6) is -0.956. The van der Waals surface area contributed by atoms with Crippen LogP contribution < -0.4 is 0 Å². The van der Waals surface area contributed by atoms with Gasteiger partial charge in [-0.25, -0.2) is 8.78 Å². The van der Waals surface area contributed by atoms with E-state index in [0.717, 1.165) is 51.3 Å². The zero-order valence-corrected chi connectivity index (χ0v) is 11.9. The first kappa shape index (κ1) is 14.7. The van der Waals surface area contributed by atoms with Gasteiger partial charge < -0.3 is 9.80 Å². The average Bonchev–Trinajstić information content (AvgIpc) is 2.40. The Morgan fingerprint density at radius 3 is 2.42 bits per heavy atom. The standard InChI is InChI=1S/C14H19ClF2N2/c1-18-7-9-19(10-8-18)6-2-3-11-12(16)4-5-13(17)14(11)15/h4-5H,2-3,6-10H2,1H3. The molecule has 5 heteroatoms. The van der Waals surface area contributed by atoms with E-state index < -0.39 is 11.6 Å². The summed E-state index contributed by atoms with van der Waals surface area (Å²) in [6, 6.07) is 2.22. The third kappa shape index (κ3) is 3.88. The molecular formula is C14H19ClF2N2. The molecule has 2 nitrogen and oxygen atoms in total. The summed E-state index contributed by atoms with van der Waals surface area (Å²) in [4.78, 5) is 4.64. The van der Waals surface area contributed by atoms with Crippen LogP contribution in [0.2, 0.25) is 5.02 Å². The summed E-state index contributed by atoms with van der Waals surface area (Å²) in [6.07, 6.45) is 1.28. The Kier molecular flexibility index (Phi) is 5.13. The smallest absolute Gasteiger partial charge is 0.142 e. The number of hydrogen-bond acceptors (Lipinski definition) is 2. The zero-order chi connectivity index (χ0) is 13.8. The fourth-order valence-corrected chi connectivity index (χ4v) is 2.60. The second kappa shape index (κ2) is 6.64. The monoisotopic (exact) mass is 288 g/mol. The average molecular weight is 289 g/mol. The predicted octanol–water partition coefficient (Wildman–Crippen LogP) is 2.80. The molecule has 1 fully saturated rings. The van der Waals surface area contributed by atoms with Gasteiger partial charge in [0.2, 0.25) is 0 Å². The molecule has 0 aliphatic carbocycles. The van der Waals surface area contributed by atoms with Crippen molar-refractivity contribution < 1.29 is 8.78 Å². The van der Waals surface area contributed by atoms with Crippen LogP contribution in [0, 0.1) is 11.6 Å². The van der Waals surface area contributed by atoms with Crippen molar-refractivity contribution in [1.29, 1.82) is 0 Å². The molecule has 0 bridgehead atoms. The van der Waals surface area contributed by atoms with Crippen molar-refractivity contribution in [1.82, 2.24) is 9.80 Å². The lowest BCUT2D eigenvalue weighted by Gasteiger charge is -2.32. The summed E-state index contributed by atoms with van der Waals surface area (Å²) in [5, 5.41) is -0.0709. The number of likely N-dealkylation sites (N-methyl/N-ethyl adjacent to an activating group) is 1. The van der Waals surface area contributed by atoms with E-state index in [1.165, 1.54) is 0 Å². The second-order valence-electron chi connectivity index (χ2n) is 5.07. The van der Waals surface area contributed by atoms with Crippen molar-refractivity contribution in [2.75, 3.05) is 39.8 Å². The van der Waals surface area contributed by atoms with E-state index in [2.05, 4.69) is 16.8 Å². The molecule has 0 spiro atoms. The number of nitrogens with zero attached hydrogens (tertiary/aromatic N) is 2. The highest BCUT2D eigenvalue weighted by atomic mass is 35.5. The fourth-order valence-electron chi connectivity index (χ4n) is 2.35. The normalized spacial score (nSPS) is 17.9. The van der Waals surface area contributed by atoms with Gasteiger partial charge in [0.05, 0.1) is 5.02 Å². The van der Waals surface area contributed by atoms with E-state index in [1.54, 1.807) is 0 Å². The summed E-state index contributed by atoms with van der Waals surface area (Å²) < 4.78 is 26.8. The van der Waals surface area contributed by atoms with E-state index in [-0.39, 0.29) is 5.02 Å². The molecule has 0 radical (unpaired) electrons. The minimum atomic E-state index is -0.544. The SMILES string of the molecule is CN1CCN(CCCc2c(F)ccc(F)c2Cl)CC1. The molecule has 1 aliphatic heterocycles. The van der Waals surface area contributed by atoms with E-state index in [1.807, 2.05) is 0 Å². The number of halogens is 3. The Morgan fingerprint density at radius 1 is 1.11 bits per heavy atom. The molecule has 1 aromatic rings. The molecule has 0 N–H and O–H groups in total. The Labute approximate surface area is 117 Å². The Morgan fingerprint density at radius 2 is 1.74 bits per heavy atom.